The molecule has 1 aliphatic carbocycles. The van der Waals surface area contributed by atoms with Crippen LogP contribution in [0.1, 0.15) is 57.1 Å². The number of rotatable bonds is 6. The molecule has 1 aromatic rings. The quantitative estimate of drug-likeness (QED) is 0.773. The summed E-state index contributed by atoms with van der Waals surface area (Å²) in [5, 5.41) is 0. The molecule has 0 aromatic heterocycles. The fraction of sp³-hybridized carbons (Fsp3) is 0.700. The zero-order valence-electron chi connectivity index (χ0n) is 14.6. The van der Waals surface area contributed by atoms with Crippen LogP contribution in [0.25, 0.3) is 0 Å². The predicted molar refractivity (Wildman–Crippen MR) is 95.9 cm³/mol. The van der Waals surface area contributed by atoms with E-state index in [2.05, 4.69) is 48.8 Å². The second-order valence-electron chi connectivity index (χ2n) is 7.52. The summed E-state index contributed by atoms with van der Waals surface area (Å²) in [6, 6.07) is 7.24. The fourth-order valence-corrected chi connectivity index (χ4v) is 3.55. The van der Waals surface area contributed by atoms with Crippen molar-refractivity contribution in [2.24, 2.45) is 5.92 Å². The molecule has 122 valence electrons. The number of anilines is 1. The zero-order valence-corrected chi connectivity index (χ0v) is 14.6. The van der Waals surface area contributed by atoms with Gasteiger partial charge in [-0.25, -0.2) is 0 Å². The normalized spacial score (nSPS) is 19.9. The molecule has 2 fully saturated rings. The van der Waals surface area contributed by atoms with Gasteiger partial charge in [-0.05, 0) is 67.3 Å². The number of aryl methyl sites for hydroxylation is 1. The number of hydrogen-bond acceptors (Lipinski definition) is 2. The second kappa shape index (κ2) is 7.04. The molecule has 1 saturated heterocycles. The van der Waals surface area contributed by atoms with Crippen LogP contribution in [0.15, 0.2) is 18.2 Å². The van der Waals surface area contributed by atoms with Gasteiger partial charge in [0.1, 0.15) is 0 Å². The largest absolute Gasteiger partial charge is 0.369 e. The third-order valence-corrected chi connectivity index (χ3v) is 5.29. The average Bonchev–Trinajstić information content (AvgIpc) is 3.37. The maximum Gasteiger partial charge on any atom is 0.0370 e. The van der Waals surface area contributed by atoms with Crippen molar-refractivity contribution in [2.75, 3.05) is 37.6 Å². The Morgan fingerprint density at radius 3 is 2.41 bits per heavy atom. The Kier molecular flexibility index (Phi) is 5.07. The Bertz CT molecular complexity index is 482. The molecule has 1 saturated carbocycles. The molecule has 2 heteroatoms. The minimum atomic E-state index is 0.820. The van der Waals surface area contributed by atoms with Crippen LogP contribution in [0.5, 0.6) is 0 Å². The average molecular weight is 300 g/mol. The van der Waals surface area contributed by atoms with E-state index in [1.807, 2.05) is 0 Å². The molecule has 2 nitrogen and oxygen atoms in total. The monoisotopic (exact) mass is 300 g/mol. The van der Waals surface area contributed by atoms with Crippen LogP contribution in [0.3, 0.4) is 0 Å². The summed E-state index contributed by atoms with van der Waals surface area (Å²) >= 11 is 0. The molecule has 0 bridgehead atoms. The van der Waals surface area contributed by atoms with E-state index < -0.39 is 0 Å². The van der Waals surface area contributed by atoms with E-state index >= 15 is 0 Å². The standard InChI is InChI=1S/C20H32N2/c1-4-17-7-8-19(15-20(17)18-5-6-18)22-13-11-21(12-14-22)10-9-16(2)3/h7-8,15-16,18H,4-6,9-14H2,1-3H3. The molecular formula is C20H32N2. The first kappa shape index (κ1) is 15.9. The third kappa shape index (κ3) is 3.84. The molecule has 0 atom stereocenters. The van der Waals surface area contributed by atoms with Gasteiger partial charge in [0, 0.05) is 31.9 Å². The Labute approximate surface area is 136 Å². The maximum absolute atomic E-state index is 2.64. The van der Waals surface area contributed by atoms with Crippen molar-refractivity contribution < 1.29 is 0 Å². The first-order valence-electron chi connectivity index (χ1n) is 9.27. The van der Waals surface area contributed by atoms with E-state index in [9.17, 15) is 0 Å². The molecule has 3 rings (SSSR count). The maximum atomic E-state index is 2.64. The van der Waals surface area contributed by atoms with Crippen molar-refractivity contribution in [1.82, 2.24) is 4.90 Å². The number of nitrogens with zero attached hydrogens (tertiary/aromatic N) is 2. The van der Waals surface area contributed by atoms with Crippen LogP contribution in [-0.2, 0) is 6.42 Å². The van der Waals surface area contributed by atoms with Crippen LogP contribution >= 0.6 is 0 Å². The van der Waals surface area contributed by atoms with Gasteiger partial charge in [-0.3, -0.25) is 4.90 Å². The van der Waals surface area contributed by atoms with E-state index in [1.54, 1.807) is 11.1 Å². The summed E-state index contributed by atoms with van der Waals surface area (Å²) in [5.41, 5.74) is 4.67. The highest BCUT2D eigenvalue weighted by atomic mass is 15.3. The van der Waals surface area contributed by atoms with E-state index in [4.69, 9.17) is 0 Å². The Hall–Kier alpha value is -1.02. The molecule has 0 unspecified atom stereocenters. The summed E-state index contributed by atoms with van der Waals surface area (Å²) in [5.74, 6) is 1.68. The van der Waals surface area contributed by atoms with Gasteiger partial charge in [0.15, 0.2) is 0 Å². The summed E-state index contributed by atoms with van der Waals surface area (Å²) in [7, 11) is 0. The lowest BCUT2D eigenvalue weighted by molar-refractivity contribution is 0.243. The summed E-state index contributed by atoms with van der Waals surface area (Å²) in [4.78, 5) is 5.23. The molecule has 1 heterocycles. The molecular weight excluding hydrogens is 268 g/mol. The number of hydrogen-bond donors (Lipinski definition) is 0. The molecule has 22 heavy (non-hydrogen) atoms. The van der Waals surface area contributed by atoms with Gasteiger partial charge in [-0.2, -0.15) is 0 Å². The van der Waals surface area contributed by atoms with Crippen LogP contribution in [0.4, 0.5) is 5.69 Å². The molecule has 1 aromatic carbocycles. The first-order chi connectivity index (χ1) is 10.7. The summed E-state index contributed by atoms with van der Waals surface area (Å²) < 4.78 is 0. The van der Waals surface area contributed by atoms with Crippen molar-refractivity contribution in [3.8, 4) is 0 Å². The molecule has 0 N–H and O–H groups in total. The second-order valence-corrected chi connectivity index (χ2v) is 7.52. The van der Waals surface area contributed by atoms with Gasteiger partial charge >= 0.3 is 0 Å². The lowest BCUT2D eigenvalue weighted by Crippen LogP contribution is -2.46. The van der Waals surface area contributed by atoms with E-state index in [0.717, 1.165) is 11.8 Å². The summed E-state index contributed by atoms with van der Waals surface area (Å²) in [6.07, 6.45) is 5.31. The van der Waals surface area contributed by atoms with Crippen LogP contribution in [0, 0.1) is 5.92 Å². The lowest BCUT2D eigenvalue weighted by atomic mass is 10.00. The Morgan fingerprint density at radius 2 is 1.82 bits per heavy atom. The number of piperazine rings is 1. The minimum absolute atomic E-state index is 0.820. The molecule has 2 aliphatic rings. The molecule has 0 amide bonds. The van der Waals surface area contributed by atoms with Crippen LogP contribution in [-0.4, -0.2) is 37.6 Å². The Morgan fingerprint density at radius 1 is 1.09 bits per heavy atom. The highest BCUT2D eigenvalue weighted by molar-refractivity contribution is 5.53. The van der Waals surface area contributed by atoms with Gasteiger partial charge < -0.3 is 4.90 Å². The summed E-state index contributed by atoms with van der Waals surface area (Å²) in [6.45, 7) is 13.0. The van der Waals surface area contributed by atoms with Gasteiger partial charge in [0.25, 0.3) is 0 Å². The fourth-order valence-electron chi connectivity index (χ4n) is 3.55. The Balaban J connectivity index is 1.60. The number of benzene rings is 1. The molecule has 1 aliphatic heterocycles. The topological polar surface area (TPSA) is 6.48 Å². The minimum Gasteiger partial charge on any atom is -0.369 e. The lowest BCUT2D eigenvalue weighted by Gasteiger charge is -2.36. The van der Waals surface area contributed by atoms with Gasteiger partial charge in [0.05, 0.1) is 0 Å². The van der Waals surface area contributed by atoms with E-state index in [1.165, 1.54) is 64.1 Å². The SMILES string of the molecule is CCc1ccc(N2CCN(CCC(C)C)CC2)cc1C1CC1. The van der Waals surface area contributed by atoms with Crippen molar-refractivity contribution in [1.29, 1.82) is 0 Å². The van der Waals surface area contributed by atoms with E-state index in [-0.39, 0.29) is 0 Å². The van der Waals surface area contributed by atoms with Gasteiger partial charge in [-0.1, -0.05) is 26.8 Å². The smallest absolute Gasteiger partial charge is 0.0370 e. The van der Waals surface area contributed by atoms with Crippen LogP contribution in [0.2, 0.25) is 0 Å². The zero-order chi connectivity index (χ0) is 15.5. The van der Waals surface area contributed by atoms with Gasteiger partial charge in [0.2, 0.25) is 0 Å². The van der Waals surface area contributed by atoms with Crippen molar-refractivity contribution in [3.05, 3.63) is 29.3 Å². The van der Waals surface area contributed by atoms with Crippen molar-refractivity contribution in [2.45, 2.75) is 52.4 Å². The molecule has 0 spiro atoms. The van der Waals surface area contributed by atoms with Gasteiger partial charge in [-0.15, -0.1) is 0 Å². The highest BCUT2D eigenvalue weighted by Crippen LogP contribution is 2.43. The van der Waals surface area contributed by atoms with Crippen molar-refractivity contribution in [3.63, 3.8) is 0 Å². The van der Waals surface area contributed by atoms with E-state index in [0.29, 0.717) is 0 Å². The molecule has 0 radical (unpaired) electrons. The highest BCUT2D eigenvalue weighted by Gasteiger charge is 2.26. The first-order valence-corrected chi connectivity index (χ1v) is 9.27. The van der Waals surface area contributed by atoms with Crippen LogP contribution < -0.4 is 4.90 Å². The third-order valence-electron chi connectivity index (χ3n) is 5.29. The predicted octanol–water partition coefficient (Wildman–Crippen LogP) is 4.29. The van der Waals surface area contributed by atoms with Crippen molar-refractivity contribution >= 4 is 5.69 Å².